The lowest BCUT2D eigenvalue weighted by Crippen LogP contribution is -2.18. The van der Waals surface area contributed by atoms with Crippen LogP contribution >= 0.6 is 11.8 Å². The van der Waals surface area contributed by atoms with Gasteiger partial charge in [-0.05, 0) is 18.6 Å². The van der Waals surface area contributed by atoms with Gasteiger partial charge < -0.3 is 10.1 Å². The summed E-state index contributed by atoms with van der Waals surface area (Å²) in [6, 6.07) is 0. The number of nitrogens with one attached hydrogen (secondary N) is 1. The molecule has 0 bridgehead atoms. The van der Waals surface area contributed by atoms with Gasteiger partial charge in [0.25, 0.3) is 0 Å². The molecule has 0 aliphatic carbocycles. The lowest BCUT2D eigenvalue weighted by atomic mass is 10.2. The number of hydrogen-bond acceptors (Lipinski definition) is 5. The van der Waals surface area contributed by atoms with E-state index in [-0.39, 0.29) is 0 Å². The van der Waals surface area contributed by atoms with Crippen LogP contribution in [-0.4, -0.2) is 36.0 Å². The maximum absolute atomic E-state index is 4.97. The van der Waals surface area contributed by atoms with E-state index in [4.69, 9.17) is 4.74 Å². The van der Waals surface area contributed by atoms with E-state index >= 15 is 0 Å². The molecule has 0 amide bonds. The summed E-state index contributed by atoms with van der Waals surface area (Å²) in [5, 5.41) is 3.80. The van der Waals surface area contributed by atoms with Crippen LogP contribution in [0.4, 0.5) is 0 Å². The molecule has 0 spiro atoms. The van der Waals surface area contributed by atoms with Crippen LogP contribution in [0.5, 0.6) is 0 Å². The molecule has 1 aliphatic rings. The molecule has 1 unspecified atom stereocenters. The standard InChI is InChI=1S/C12H19N3OS/c1-16-5-4-13-7-10-8-14-12(15-9-10)11-3-2-6-17-11/h8-9,11,13H,2-7H2,1H3. The summed E-state index contributed by atoms with van der Waals surface area (Å²) in [6.07, 6.45) is 6.37. The van der Waals surface area contributed by atoms with Gasteiger partial charge in [0, 0.05) is 38.2 Å². The second-order valence-corrected chi connectivity index (χ2v) is 5.43. The smallest absolute Gasteiger partial charge is 0.141 e. The van der Waals surface area contributed by atoms with Crippen LogP contribution in [0.1, 0.15) is 29.5 Å². The zero-order valence-corrected chi connectivity index (χ0v) is 11.0. The van der Waals surface area contributed by atoms with Gasteiger partial charge in [-0.1, -0.05) is 0 Å². The molecule has 0 aromatic carbocycles. The second-order valence-electron chi connectivity index (χ2n) is 4.12. The highest BCUT2D eigenvalue weighted by Gasteiger charge is 2.19. The normalized spacial score (nSPS) is 19.7. The van der Waals surface area contributed by atoms with Crippen LogP contribution in [0, 0.1) is 0 Å². The molecule has 2 rings (SSSR count). The van der Waals surface area contributed by atoms with E-state index in [1.807, 2.05) is 24.2 Å². The van der Waals surface area contributed by atoms with E-state index in [2.05, 4.69) is 15.3 Å². The van der Waals surface area contributed by atoms with Crippen molar-refractivity contribution in [3.8, 4) is 0 Å². The quantitative estimate of drug-likeness (QED) is 0.783. The molecule has 4 nitrogen and oxygen atoms in total. The third kappa shape index (κ3) is 3.94. The van der Waals surface area contributed by atoms with Crippen molar-refractivity contribution in [1.29, 1.82) is 0 Å². The third-order valence-electron chi connectivity index (χ3n) is 2.76. The molecule has 17 heavy (non-hydrogen) atoms. The average Bonchev–Trinajstić information content (AvgIpc) is 2.89. The first-order valence-electron chi connectivity index (χ1n) is 6.02. The fourth-order valence-electron chi connectivity index (χ4n) is 1.81. The Morgan fingerprint density at radius 1 is 1.47 bits per heavy atom. The summed E-state index contributed by atoms with van der Waals surface area (Å²) < 4.78 is 4.97. The van der Waals surface area contributed by atoms with Crippen LogP contribution in [0.2, 0.25) is 0 Å². The molecule has 1 aromatic heterocycles. The lowest BCUT2D eigenvalue weighted by molar-refractivity contribution is 0.199. The van der Waals surface area contributed by atoms with Crippen molar-refractivity contribution < 1.29 is 4.74 Å². The van der Waals surface area contributed by atoms with Crippen LogP contribution < -0.4 is 5.32 Å². The van der Waals surface area contributed by atoms with Crippen LogP contribution in [0.25, 0.3) is 0 Å². The number of nitrogens with zero attached hydrogens (tertiary/aromatic N) is 2. The van der Waals surface area contributed by atoms with Crippen molar-refractivity contribution in [1.82, 2.24) is 15.3 Å². The number of rotatable bonds is 6. The average molecular weight is 253 g/mol. The zero-order valence-electron chi connectivity index (χ0n) is 10.2. The summed E-state index contributed by atoms with van der Waals surface area (Å²) >= 11 is 1.97. The molecule has 1 aliphatic heterocycles. The van der Waals surface area contributed by atoms with Gasteiger partial charge in [-0.2, -0.15) is 11.8 Å². The molecule has 1 N–H and O–H groups in total. The van der Waals surface area contributed by atoms with Gasteiger partial charge in [0.05, 0.1) is 11.9 Å². The Kier molecular flexibility index (Phi) is 5.22. The predicted octanol–water partition coefficient (Wildman–Crippen LogP) is 1.78. The Labute approximate surface area is 107 Å². The fraction of sp³-hybridized carbons (Fsp3) is 0.667. The van der Waals surface area contributed by atoms with E-state index in [1.54, 1.807) is 7.11 Å². The minimum absolute atomic E-state index is 0.519. The van der Waals surface area contributed by atoms with Gasteiger partial charge in [0.1, 0.15) is 5.82 Å². The molecule has 1 fully saturated rings. The highest BCUT2D eigenvalue weighted by molar-refractivity contribution is 7.99. The van der Waals surface area contributed by atoms with E-state index in [0.717, 1.165) is 31.1 Å². The zero-order chi connectivity index (χ0) is 11.9. The first-order valence-corrected chi connectivity index (χ1v) is 7.07. The Morgan fingerprint density at radius 3 is 2.94 bits per heavy atom. The van der Waals surface area contributed by atoms with Gasteiger partial charge in [-0.3, -0.25) is 0 Å². The van der Waals surface area contributed by atoms with Crippen molar-refractivity contribution in [2.45, 2.75) is 24.6 Å². The molecular formula is C12H19N3OS. The number of aromatic nitrogens is 2. The van der Waals surface area contributed by atoms with Crippen molar-refractivity contribution in [2.24, 2.45) is 0 Å². The molecule has 1 saturated heterocycles. The molecule has 5 heteroatoms. The first kappa shape index (κ1) is 12.8. The van der Waals surface area contributed by atoms with Gasteiger partial charge >= 0.3 is 0 Å². The van der Waals surface area contributed by atoms with Gasteiger partial charge in [0.2, 0.25) is 0 Å². The van der Waals surface area contributed by atoms with E-state index in [9.17, 15) is 0 Å². The number of methoxy groups -OCH3 is 1. The van der Waals surface area contributed by atoms with Gasteiger partial charge in [-0.15, -0.1) is 0 Å². The highest BCUT2D eigenvalue weighted by atomic mass is 32.2. The monoisotopic (exact) mass is 253 g/mol. The summed E-state index contributed by atoms with van der Waals surface area (Å²) in [5.41, 5.74) is 1.13. The molecule has 1 atom stereocenters. The second kappa shape index (κ2) is 6.93. The Bertz CT molecular complexity index is 325. The van der Waals surface area contributed by atoms with Crippen LogP contribution in [0.15, 0.2) is 12.4 Å². The van der Waals surface area contributed by atoms with Crippen molar-refractivity contribution in [3.63, 3.8) is 0 Å². The summed E-state index contributed by atoms with van der Waals surface area (Å²) in [5.74, 6) is 2.24. The van der Waals surface area contributed by atoms with Gasteiger partial charge in [-0.25, -0.2) is 9.97 Å². The molecule has 0 saturated carbocycles. The molecule has 2 heterocycles. The van der Waals surface area contributed by atoms with E-state index in [0.29, 0.717) is 5.25 Å². The predicted molar refractivity (Wildman–Crippen MR) is 70.0 cm³/mol. The Morgan fingerprint density at radius 2 is 2.29 bits per heavy atom. The summed E-state index contributed by atoms with van der Waals surface area (Å²) in [6.45, 7) is 2.40. The molecular weight excluding hydrogens is 234 g/mol. The van der Waals surface area contributed by atoms with Crippen LogP contribution in [-0.2, 0) is 11.3 Å². The van der Waals surface area contributed by atoms with E-state index < -0.39 is 0 Å². The highest BCUT2D eigenvalue weighted by Crippen LogP contribution is 2.37. The maximum Gasteiger partial charge on any atom is 0.141 e. The molecule has 0 radical (unpaired) electrons. The SMILES string of the molecule is COCCNCc1cnc(C2CCCS2)nc1. The fourth-order valence-corrected chi connectivity index (χ4v) is 3.03. The minimum atomic E-state index is 0.519. The maximum atomic E-state index is 4.97. The number of thioether (sulfide) groups is 1. The molecule has 1 aromatic rings. The third-order valence-corrected chi connectivity index (χ3v) is 4.13. The molecule has 94 valence electrons. The number of hydrogen-bond donors (Lipinski definition) is 1. The lowest BCUT2D eigenvalue weighted by Gasteiger charge is -2.08. The van der Waals surface area contributed by atoms with Crippen molar-refractivity contribution in [3.05, 3.63) is 23.8 Å². The summed E-state index contributed by atoms with van der Waals surface area (Å²) in [7, 11) is 1.71. The van der Waals surface area contributed by atoms with Crippen molar-refractivity contribution >= 4 is 11.8 Å². The van der Waals surface area contributed by atoms with E-state index in [1.165, 1.54) is 18.6 Å². The van der Waals surface area contributed by atoms with Crippen molar-refractivity contribution in [2.75, 3.05) is 26.0 Å². The Hall–Kier alpha value is -0.650. The Balaban J connectivity index is 1.80. The van der Waals surface area contributed by atoms with Gasteiger partial charge in [0.15, 0.2) is 0 Å². The first-order chi connectivity index (χ1) is 8.40. The largest absolute Gasteiger partial charge is 0.383 e. The summed E-state index contributed by atoms with van der Waals surface area (Å²) in [4.78, 5) is 8.91. The number of ether oxygens (including phenoxy) is 1. The minimum Gasteiger partial charge on any atom is -0.383 e. The topological polar surface area (TPSA) is 47.0 Å². The van der Waals surface area contributed by atoms with Crippen LogP contribution in [0.3, 0.4) is 0 Å².